The molecule has 0 aliphatic rings. The number of anilines is 1. The van der Waals surface area contributed by atoms with Gasteiger partial charge in [0.25, 0.3) is 5.91 Å². The van der Waals surface area contributed by atoms with E-state index in [4.69, 9.17) is 11.6 Å². The zero-order chi connectivity index (χ0) is 21.3. The summed E-state index contributed by atoms with van der Waals surface area (Å²) in [5.41, 5.74) is 5.73. The second kappa shape index (κ2) is 11.4. The Labute approximate surface area is 193 Å². The quantitative estimate of drug-likeness (QED) is 0.271. The van der Waals surface area contributed by atoms with Crippen molar-refractivity contribution in [1.29, 1.82) is 0 Å². The molecule has 0 saturated carbocycles. The summed E-state index contributed by atoms with van der Waals surface area (Å²) < 4.78 is 1.62. The highest BCUT2D eigenvalue weighted by atomic mass is 35.5. The first-order valence-electron chi connectivity index (χ1n) is 8.92. The molecule has 0 spiro atoms. The van der Waals surface area contributed by atoms with Gasteiger partial charge in [-0.25, -0.2) is 5.43 Å². The molecule has 0 fully saturated rings. The van der Waals surface area contributed by atoms with Gasteiger partial charge in [-0.1, -0.05) is 70.7 Å². The van der Waals surface area contributed by atoms with Crippen LogP contribution >= 0.6 is 46.5 Å². The predicted molar refractivity (Wildman–Crippen MR) is 128 cm³/mol. The lowest BCUT2D eigenvalue weighted by molar-refractivity contribution is -0.118. The first-order chi connectivity index (χ1) is 14.5. The van der Waals surface area contributed by atoms with Gasteiger partial charge in [0, 0.05) is 30.6 Å². The molecule has 6 nitrogen and oxygen atoms in total. The van der Waals surface area contributed by atoms with Gasteiger partial charge in [-0.2, -0.15) is 5.10 Å². The molecule has 1 N–H and O–H groups in total. The van der Waals surface area contributed by atoms with Crippen LogP contribution in [0.5, 0.6) is 0 Å². The minimum absolute atomic E-state index is 0.188. The zero-order valence-electron chi connectivity index (χ0n) is 16.4. The maximum Gasteiger partial charge on any atom is 0.250 e. The normalized spacial score (nSPS) is 11.0. The van der Waals surface area contributed by atoms with Crippen LogP contribution < -0.4 is 10.3 Å². The third-order valence-electron chi connectivity index (χ3n) is 3.80. The van der Waals surface area contributed by atoms with E-state index in [9.17, 15) is 4.79 Å². The van der Waals surface area contributed by atoms with Crippen molar-refractivity contribution in [2.45, 2.75) is 14.4 Å². The molecule has 1 heterocycles. The molecule has 0 bridgehead atoms. The summed E-state index contributed by atoms with van der Waals surface area (Å²) >= 11 is 10.3. The highest BCUT2D eigenvalue weighted by molar-refractivity contribution is 8.03. The molecule has 1 aromatic heterocycles. The van der Waals surface area contributed by atoms with Crippen molar-refractivity contribution in [3.8, 4) is 0 Å². The number of amides is 1. The molecule has 3 aromatic rings. The van der Waals surface area contributed by atoms with Gasteiger partial charge in [0.15, 0.2) is 8.68 Å². The minimum Gasteiger partial charge on any atom is -0.378 e. The molecule has 10 heteroatoms. The smallest absolute Gasteiger partial charge is 0.250 e. The standard InChI is InChI=1S/C20H20ClN5OS3/c1-26(2)17-9-5-14(6-10-17)11-22-23-18(27)13-29-20-25-24-19(30-20)28-12-15-3-7-16(21)8-4-15/h3-11H,12-13H2,1-2H3,(H,23,27)/b22-11-. The van der Waals surface area contributed by atoms with E-state index in [-0.39, 0.29) is 11.7 Å². The van der Waals surface area contributed by atoms with Gasteiger partial charge in [0.2, 0.25) is 0 Å². The maximum atomic E-state index is 12.0. The second-order valence-corrected chi connectivity index (χ2v) is 10.2. The number of hydrogen-bond acceptors (Lipinski definition) is 8. The number of thioether (sulfide) groups is 2. The molecule has 3 rings (SSSR count). The fourth-order valence-electron chi connectivity index (χ4n) is 2.24. The summed E-state index contributed by atoms with van der Waals surface area (Å²) in [6, 6.07) is 15.6. The SMILES string of the molecule is CN(C)c1ccc(/C=N\NC(=O)CSc2nnc(SCc3ccc(Cl)cc3)s2)cc1. The van der Waals surface area contributed by atoms with Crippen molar-refractivity contribution in [3.05, 3.63) is 64.7 Å². The van der Waals surface area contributed by atoms with E-state index in [1.807, 2.05) is 67.5 Å². The van der Waals surface area contributed by atoms with Crippen LogP contribution in [0, 0.1) is 0 Å². The van der Waals surface area contributed by atoms with Gasteiger partial charge in [-0.15, -0.1) is 10.2 Å². The van der Waals surface area contributed by atoms with Crippen LogP contribution in [0.4, 0.5) is 5.69 Å². The van der Waals surface area contributed by atoms with Crippen molar-refractivity contribution in [1.82, 2.24) is 15.6 Å². The largest absolute Gasteiger partial charge is 0.378 e. The Bertz CT molecular complexity index is 990. The van der Waals surface area contributed by atoms with E-state index in [0.717, 1.165) is 30.7 Å². The van der Waals surface area contributed by atoms with E-state index in [1.165, 1.54) is 28.7 Å². The molecule has 0 saturated heterocycles. The molecule has 2 aromatic carbocycles. The fraction of sp³-hybridized carbons (Fsp3) is 0.200. The van der Waals surface area contributed by atoms with Crippen molar-refractivity contribution in [2.75, 3.05) is 24.7 Å². The molecule has 1 amide bonds. The van der Waals surface area contributed by atoms with Gasteiger partial charge in [0.05, 0.1) is 12.0 Å². The maximum absolute atomic E-state index is 12.0. The molecule has 30 heavy (non-hydrogen) atoms. The van der Waals surface area contributed by atoms with E-state index in [2.05, 4.69) is 20.7 Å². The highest BCUT2D eigenvalue weighted by Gasteiger charge is 2.08. The lowest BCUT2D eigenvalue weighted by atomic mass is 10.2. The van der Waals surface area contributed by atoms with E-state index < -0.39 is 0 Å². The van der Waals surface area contributed by atoms with E-state index in [1.54, 1.807) is 18.0 Å². The zero-order valence-corrected chi connectivity index (χ0v) is 19.6. The lowest BCUT2D eigenvalue weighted by Gasteiger charge is -2.11. The Morgan fingerprint density at radius 1 is 1.10 bits per heavy atom. The molecule has 156 valence electrons. The van der Waals surface area contributed by atoms with Crippen LogP contribution in [0.1, 0.15) is 11.1 Å². The van der Waals surface area contributed by atoms with E-state index >= 15 is 0 Å². The predicted octanol–water partition coefficient (Wildman–Crippen LogP) is 4.79. The Balaban J connectivity index is 1.39. The number of hydrogen-bond donors (Lipinski definition) is 1. The first kappa shape index (κ1) is 22.6. The summed E-state index contributed by atoms with van der Waals surface area (Å²) in [5, 5.41) is 13.0. The summed E-state index contributed by atoms with van der Waals surface area (Å²) in [4.78, 5) is 14.0. The molecule has 0 unspecified atom stereocenters. The topological polar surface area (TPSA) is 70.5 Å². The summed E-state index contributed by atoms with van der Waals surface area (Å²) in [7, 11) is 3.97. The number of carbonyl (C=O) groups is 1. The Morgan fingerprint density at radius 3 is 2.43 bits per heavy atom. The van der Waals surface area contributed by atoms with Gasteiger partial charge in [-0.3, -0.25) is 4.79 Å². The van der Waals surface area contributed by atoms with Gasteiger partial charge < -0.3 is 4.90 Å². The molecule has 0 aliphatic carbocycles. The van der Waals surface area contributed by atoms with Gasteiger partial charge in [-0.05, 0) is 35.4 Å². The number of aromatic nitrogens is 2. The molecule has 0 radical (unpaired) electrons. The number of hydrazone groups is 1. The summed E-state index contributed by atoms with van der Waals surface area (Å²) in [6.07, 6.45) is 1.62. The van der Waals surface area contributed by atoms with Crippen LogP contribution in [0.15, 0.2) is 62.3 Å². The average molecular weight is 478 g/mol. The fourth-order valence-corrected chi connectivity index (χ4v) is 5.13. The molecule has 0 aliphatic heterocycles. The number of halogens is 1. The van der Waals surface area contributed by atoms with Crippen LogP contribution in [-0.4, -0.2) is 42.2 Å². The third kappa shape index (κ3) is 7.32. The summed E-state index contributed by atoms with van der Waals surface area (Å²) in [5.74, 6) is 0.834. The number of nitrogens with one attached hydrogen (secondary N) is 1. The third-order valence-corrected chi connectivity index (χ3v) is 7.32. The van der Waals surface area contributed by atoms with Crippen molar-refractivity contribution in [2.24, 2.45) is 5.10 Å². The number of nitrogens with zero attached hydrogens (tertiary/aromatic N) is 4. The van der Waals surface area contributed by atoms with Crippen LogP contribution in [0.3, 0.4) is 0 Å². The number of carbonyl (C=O) groups excluding carboxylic acids is 1. The van der Waals surface area contributed by atoms with Gasteiger partial charge in [0.1, 0.15) is 0 Å². The van der Waals surface area contributed by atoms with E-state index in [0.29, 0.717) is 0 Å². The molecular weight excluding hydrogens is 458 g/mol. The summed E-state index contributed by atoms with van der Waals surface area (Å²) in [6.45, 7) is 0. The first-order valence-corrected chi connectivity index (χ1v) is 12.1. The minimum atomic E-state index is -0.188. The van der Waals surface area contributed by atoms with Crippen LogP contribution in [0.2, 0.25) is 5.02 Å². The Hall–Kier alpha value is -2.07. The van der Waals surface area contributed by atoms with Crippen molar-refractivity contribution >= 4 is 64.3 Å². The monoisotopic (exact) mass is 477 g/mol. The number of benzene rings is 2. The highest BCUT2D eigenvalue weighted by Crippen LogP contribution is 2.30. The van der Waals surface area contributed by atoms with Crippen LogP contribution in [0.25, 0.3) is 0 Å². The second-order valence-electron chi connectivity index (χ2n) is 6.32. The number of rotatable bonds is 9. The van der Waals surface area contributed by atoms with Gasteiger partial charge >= 0.3 is 0 Å². The Morgan fingerprint density at radius 2 is 1.77 bits per heavy atom. The van der Waals surface area contributed by atoms with Crippen molar-refractivity contribution in [3.63, 3.8) is 0 Å². The van der Waals surface area contributed by atoms with Crippen molar-refractivity contribution < 1.29 is 4.79 Å². The molecular formula is C20H20ClN5OS3. The Kier molecular flexibility index (Phi) is 8.56. The van der Waals surface area contributed by atoms with Crippen LogP contribution in [-0.2, 0) is 10.5 Å². The molecule has 0 atom stereocenters. The average Bonchev–Trinajstić information content (AvgIpc) is 3.20. The lowest BCUT2D eigenvalue weighted by Crippen LogP contribution is -2.19.